The highest BCUT2D eigenvalue weighted by molar-refractivity contribution is 6.32. The quantitative estimate of drug-likeness (QED) is 0.865. The van der Waals surface area contributed by atoms with Crippen molar-refractivity contribution in [3.63, 3.8) is 0 Å². The van der Waals surface area contributed by atoms with Crippen molar-refractivity contribution in [1.82, 2.24) is 5.32 Å². The lowest BCUT2D eigenvalue weighted by Crippen LogP contribution is -2.44. The first-order chi connectivity index (χ1) is 11.5. The van der Waals surface area contributed by atoms with Crippen LogP contribution >= 0.6 is 11.6 Å². The molecule has 4 nitrogen and oxygen atoms in total. The third kappa shape index (κ3) is 3.66. The zero-order chi connectivity index (χ0) is 17.2. The van der Waals surface area contributed by atoms with E-state index in [-0.39, 0.29) is 0 Å². The molecule has 0 bridgehead atoms. The lowest BCUT2D eigenvalue weighted by molar-refractivity contribution is 0.0791. The van der Waals surface area contributed by atoms with Gasteiger partial charge in [-0.05, 0) is 37.1 Å². The summed E-state index contributed by atoms with van der Waals surface area (Å²) in [6.07, 6.45) is -0.619. The molecule has 1 aliphatic heterocycles. The highest BCUT2D eigenvalue weighted by Crippen LogP contribution is 2.38. The summed E-state index contributed by atoms with van der Waals surface area (Å²) in [6, 6.07) is 13.4. The highest BCUT2D eigenvalue weighted by atomic mass is 35.5. The monoisotopic (exact) mass is 347 g/mol. The number of benzene rings is 2. The number of ether oxygens (including phenoxy) is 2. The number of hydrogen-bond acceptors (Lipinski definition) is 4. The largest absolute Gasteiger partial charge is 0.486 e. The Morgan fingerprint density at radius 3 is 2.62 bits per heavy atom. The van der Waals surface area contributed by atoms with Crippen molar-refractivity contribution in [3.8, 4) is 11.5 Å². The van der Waals surface area contributed by atoms with E-state index >= 15 is 0 Å². The van der Waals surface area contributed by atoms with Crippen LogP contribution < -0.4 is 14.8 Å². The van der Waals surface area contributed by atoms with Gasteiger partial charge in [0.05, 0.1) is 11.1 Å². The Morgan fingerprint density at radius 1 is 1.17 bits per heavy atom. The van der Waals surface area contributed by atoms with Gasteiger partial charge >= 0.3 is 0 Å². The molecule has 1 aliphatic rings. The summed E-state index contributed by atoms with van der Waals surface area (Å²) in [5.74, 6) is 1.28. The summed E-state index contributed by atoms with van der Waals surface area (Å²) in [5.41, 5.74) is 1.37. The first kappa shape index (κ1) is 17.1. The van der Waals surface area contributed by atoms with Gasteiger partial charge in [-0.15, -0.1) is 0 Å². The first-order valence-electron chi connectivity index (χ1n) is 8.03. The molecule has 0 spiro atoms. The number of aliphatic hydroxyl groups is 1. The van der Waals surface area contributed by atoms with Gasteiger partial charge in [-0.25, -0.2) is 0 Å². The molecule has 0 fully saturated rings. The highest BCUT2D eigenvalue weighted by Gasteiger charge is 2.28. The fraction of sp³-hybridized carbons (Fsp3) is 0.368. The van der Waals surface area contributed by atoms with Crippen molar-refractivity contribution in [3.05, 3.63) is 58.6 Å². The van der Waals surface area contributed by atoms with E-state index in [9.17, 15) is 5.11 Å². The smallest absolute Gasteiger partial charge is 0.179 e. The molecule has 0 radical (unpaired) electrons. The molecular weight excluding hydrogens is 326 g/mol. The summed E-state index contributed by atoms with van der Waals surface area (Å²) < 4.78 is 11.1. The standard InChI is InChI=1S/C19H22ClNO3/c1-19(2,18(22)14-6-4-3-5-7-14)21-12-13-10-15(20)17-16(11-13)23-8-9-24-17/h3-7,10-11,18,21-22H,8-9,12H2,1-2H3. The van der Waals surface area contributed by atoms with Crippen LogP contribution in [0.15, 0.2) is 42.5 Å². The zero-order valence-corrected chi connectivity index (χ0v) is 14.6. The molecule has 2 aromatic carbocycles. The fourth-order valence-corrected chi connectivity index (χ4v) is 3.03. The molecule has 0 saturated heterocycles. The maximum atomic E-state index is 10.6. The number of rotatable bonds is 5. The minimum absolute atomic E-state index is 0.499. The molecule has 128 valence electrons. The second-order valence-corrected chi connectivity index (χ2v) is 6.90. The van der Waals surface area contributed by atoms with E-state index in [0.29, 0.717) is 36.3 Å². The molecule has 1 atom stereocenters. The molecule has 5 heteroatoms. The maximum absolute atomic E-state index is 10.6. The van der Waals surface area contributed by atoms with Gasteiger partial charge < -0.3 is 19.9 Å². The van der Waals surface area contributed by atoms with Gasteiger partial charge in [0.25, 0.3) is 0 Å². The molecule has 0 amide bonds. The molecule has 2 aromatic rings. The van der Waals surface area contributed by atoms with E-state index < -0.39 is 11.6 Å². The SMILES string of the molecule is CC(C)(NCc1cc(Cl)c2c(c1)OCCO2)C(O)c1ccccc1. The van der Waals surface area contributed by atoms with Crippen LogP contribution in [-0.2, 0) is 6.54 Å². The van der Waals surface area contributed by atoms with E-state index in [0.717, 1.165) is 11.1 Å². The number of hydrogen-bond donors (Lipinski definition) is 2. The van der Waals surface area contributed by atoms with Crippen LogP contribution in [0.25, 0.3) is 0 Å². The number of halogens is 1. The third-order valence-corrected chi connectivity index (χ3v) is 4.48. The van der Waals surface area contributed by atoms with Crippen LogP contribution in [0.5, 0.6) is 11.5 Å². The molecule has 0 aliphatic carbocycles. The Morgan fingerprint density at radius 2 is 1.88 bits per heavy atom. The average molecular weight is 348 g/mol. The summed E-state index contributed by atoms with van der Waals surface area (Å²) in [6.45, 7) is 5.56. The van der Waals surface area contributed by atoms with Crippen molar-refractivity contribution in [2.45, 2.75) is 32.0 Å². The van der Waals surface area contributed by atoms with E-state index in [4.69, 9.17) is 21.1 Å². The minimum atomic E-state index is -0.619. The topological polar surface area (TPSA) is 50.7 Å². The average Bonchev–Trinajstić information content (AvgIpc) is 2.60. The van der Waals surface area contributed by atoms with Gasteiger partial charge in [0.15, 0.2) is 11.5 Å². The Bertz CT molecular complexity index is 703. The second kappa shape index (κ2) is 7.01. The zero-order valence-electron chi connectivity index (χ0n) is 13.9. The Labute approximate surface area is 147 Å². The van der Waals surface area contributed by atoms with Crippen LogP contribution in [-0.4, -0.2) is 23.9 Å². The minimum Gasteiger partial charge on any atom is -0.486 e. The Hall–Kier alpha value is -1.75. The van der Waals surface area contributed by atoms with E-state index in [2.05, 4.69) is 5.32 Å². The van der Waals surface area contributed by atoms with E-state index in [1.54, 1.807) is 0 Å². The summed E-state index contributed by atoms with van der Waals surface area (Å²) in [5, 5.41) is 14.6. The summed E-state index contributed by atoms with van der Waals surface area (Å²) in [4.78, 5) is 0. The first-order valence-corrected chi connectivity index (χ1v) is 8.41. The van der Waals surface area contributed by atoms with Gasteiger partial charge in [-0.2, -0.15) is 0 Å². The Kier molecular flexibility index (Phi) is 4.99. The van der Waals surface area contributed by atoms with Crippen LogP contribution in [0.2, 0.25) is 5.02 Å². The van der Waals surface area contributed by atoms with Crippen molar-refractivity contribution in [2.24, 2.45) is 0 Å². The van der Waals surface area contributed by atoms with Crippen molar-refractivity contribution in [1.29, 1.82) is 0 Å². The lowest BCUT2D eigenvalue weighted by atomic mass is 9.91. The number of fused-ring (bicyclic) bond motifs is 1. The normalized spacial score (nSPS) is 15.2. The van der Waals surface area contributed by atoms with Gasteiger partial charge in [0.1, 0.15) is 13.2 Å². The lowest BCUT2D eigenvalue weighted by Gasteiger charge is -2.32. The summed E-state index contributed by atoms with van der Waals surface area (Å²) >= 11 is 6.27. The van der Waals surface area contributed by atoms with Crippen LogP contribution in [0.4, 0.5) is 0 Å². The molecule has 2 N–H and O–H groups in total. The molecule has 3 rings (SSSR count). The molecule has 1 unspecified atom stereocenters. The van der Waals surface area contributed by atoms with Crippen LogP contribution in [0, 0.1) is 0 Å². The van der Waals surface area contributed by atoms with Crippen LogP contribution in [0.3, 0.4) is 0 Å². The van der Waals surface area contributed by atoms with Crippen LogP contribution in [0.1, 0.15) is 31.1 Å². The molecule has 0 aromatic heterocycles. The maximum Gasteiger partial charge on any atom is 0.179 e. The summed E-state index contributed by atoms with van der Waals surface area (Å²) in [7, 11) is 0. The number of aliphatic hydroxyl groups excluding tert-OH is 1. The molecule has 0 saturated carbocycles. The van der Waals surface area contributed by atoms with Crippen molar-refractivity contribution >= 4 is 11.6 Å². The molecular formula is C19H22ClNO3. The number of nitrogens with one attached hydrogen (secondary N) is 1. The predicted molar refractivity (Wildman–Crippen MR) is 94.8 cm³/mol. The van der Waals surface area contributed by atoms with Gasteiger partial charge in [0, 0.05) is 12.1 Å². The van der Waals surface area contributed by atoms with Crippen molar-refractivity contribution < 1.29 is 14.6 Å². The van der Waals surface area contributed by atoms with E-state index in [1.165, 1.54) is 0 Å². The third-order valence-electron chi connectivity index (χ3n) is 4.20. The van der Waals surface area contributed by atoms with Gasteiger partial charge in [-0.3, -0.25) is 0 Å². The van der Waals surface area contributed by atoms with E-state index in [1.807, 2.05) is 56.3 Å². The van der Waals surface area contributed by atoms with Gasteiger partial charge in [-0.1, -0.05) is 41.9 Å². The van der Waals surface area contributed by atoms with Crippen molar-refractivity contribution in [2.75, 3.05) is 13.2 Å². The molecule has 24 heavy (non-hydrogen) atoms. The predicted octanol–water partition coefficient (Wildman–Crippen LogP) is 3.71. The second-order valence-electron chi connectivity index (χ2n) is 6.49. The fourth-order valence-electron chi connectivity index (χ4n) is 2.74. The Balaban J connectivity index is 1.71. The van der Waals surface area contributed by atoms with Gasteiger partial charge in [0.2, 0.25) is 0 Å². The molecule has 1 heterocycles.